The third-order valence-electron chi connectivity index (χ3n) is 2.99. The molecular formula is C17H19NOS. The molecule has 0 aliphatic rings. The fraction of sp³-hybridized carbons (Fsp3) is 0.235. The minimum absolute atomic E-state index is 0.0289. The summed E-state index contributed by atoms with van der Waals surface area (Å²) in [7, 11) is 0. The maximum atomic E-state index is 12.2. The van der Waals surface area contributed by atoms with Crippen LogP contribution in [0.3, 0.4) is 0 Å². The van der Waals surface area contributed by atoms with Crippen LogP contribution in [0.25, 0.3) is 0 Å². The van der Waals surface area contributed by atoms with Gasteiger partial charge in [0.25, 0.3) is 0 Å². The Kier molecular flexibility index (Phi) is 4.85. The standard InChI is InChI=1S/C17H19NOS/c1-12-7-9-16(10-8-12)20-14(3)17(19)18-15-6-4-5-13(2)11-15/h4-11,14H,1-3H3,(H,18,19)/t14-/m1/s1. The fourth-order valence-electron chi connectivity index (χ4n) is 1.84. The number of aryl methyl sites for hydroxylation is 2. The van der Waals surface area contributed by atoms with E-state index in [0.717, 1.165) is 16.1 Å². The van der Waals surface area contributed by atoms with Crippen molar-refractivity contribution in [1.82, 2.24) is 0 Å². The van der Waals surface area contributed by atoms with Crippen molar-refractivity contribution in [3.63, 3.8) is 0 Å². The van der Waals surface area contributed by atoms with Crippen molar-refractivity contribution in [2.24, 2.45) is 0 Å². The zero-order chi connectivity index (χ0) is 14.5. The van der Waals surface area contributed by atoms with Crippen LogP contribution in [0.1, 0.15) is 18.1 Å². The molecule has 0 radical (unpaired) electrons. The van der Waals surface area contributed by atoms with Crippen LogP contribution < -0.4 is 5.32 Å². The molecule has 20 heavy (non-hydrogen) atoms. The summed E-state index contributed by atoms with van der Waals surface area (Å²) in [4.78, 5) is 13.3. The molecule has 2 aromatic rings. The maximum absolute atomic E-state index is 12.2. The minimum Gasteiger partial charge on any atom is -0.325 e. The number of benzene rings is 2. The van der Waals surface area contributed by atoms with Gasteiger partial charge in [-0.3, -0.25) is 4.79 Å². The van der Waals surface area contributed by atoms with Gasteiger partial charge in [0.15, 0.2) is 0 Å². The highest BCUT2D eigenvalue weighted by Gasteiger charge is 2.14. The van der Waals surface area contributed by atoms with Crippen LogP contribution in [0.15, 0.2) is 53.4 Å². The summed E-state index contributed by atoms with van der Waals surface area (Å²) in [5, 5.41) is 2.83. The van der Waals surface area contributed by atoms with Crippen LogP contribution >= 0.6 is 11.8 Å². The summed E-state index contributed by atoms with van der Waals surface area (Å²) in [5.41, 5.74) is 3.22. The number of nitrogens with one attached hydrogen (secondary N) is 1. The molecule has 0 saturated carbocycles. The van der Waals surface area contributed by atoms with Crippen molar-refractivity contribution in [3.8, 4) is 0 Å². The second-order valence-electron chi connectivity index (χ2n) is 4.93. The Morgan fingerprint density at radius 2 is 1.75 bits per heavy atom. The van der Waals surface area contributed by atoms with Crippen molar-refractivity contribution >= 4 is 23.4 Å². The first-order valence-corrected chi connectivity index (χ1v) is 7.53. The van der Waals surface area contributed by atoms with Gasteiger partial charge in [-0.1, -0.05) is 29.8 Å². The largest absolute Gasteiger partial charge is 0.325 e. The topological polar surface area (TPSA) is 29.1 Å². The van der Waals surface area contributed by atoms with Crippen LogP contribution in [0, 0.1) is 13.8 Å². The van der Waals surface area contributed by atoms with E-state index >= 15 is 0 Å². The third-order valence-corrected chi connectivity index (χ3v) is 4.10. The zero-order valence-corrected chi connectivity index (χ0v) is 12.8. The lowest BCUT2D eigenvalue weighted by atomic mass is 10.2. The van der Waals surface area contributed by atoms with E-state index in [0.29, 0.717) is 0 Å². The molecule has 0 saturated heterocycles. The first-order chi connectivity index (χ1) is 9.54. The van der Waals surface area contributed by atoms with E-state index in [-0.39, 0.29) is 11.2 Å². The van der Waals surface area contributed by atoms with E-state index < -0.39 is 0 Å². The number of carbonyl (C=O) groups excluding carboxylic acids is 1. The Morgan fingerprint density at radius 1 is 1.05 bits per heavy atom. The zero-order valence-electron chi connectivity index (χ0n) is 12.0. The molecular weight excluding hydrogens is 266 g/mol. The van der Waals surface area contributed by atoms with Gasteiger partial charge < -0.3 is 5.32 Å². The van der Waals surface area contributed by atoms with E-state index in [1.54, 1.807) is 11.8 Å². The van der Waals surface area contributed by atoms with E-state index in [9.17, 15) is 4.79 Å². The van der Waals surface area contributed by atoms with Gasteiger partial charge in [-0.2, -0.15) is 0 Å². The molecule has 2 rings (SSSR count). The molecule has 2 aromatic carbocycles. The molecule has 1 atom stereocenters. The van der Waals surface area contributed by atoms with Crippen LogP contribution in [0.4, 0.5) is 5.69 Å². The van der Waals surface area contributed by atoms with E-state index in [1.165, 1.54) is 5.56 Å². The molecule has 0 spiro atoms. The number of rotatable bonds is 4. The Bertz CT molecular complexity index is 592. The monoisotopic (exact) mass is 285 g/mol. The normalized spacial score (nSPS) is 11.9. The van der Waals surface area contributed by atoms with Crippen molar-refractivity contribution in [1.29, 1.82) is 0 Å². The van der Waals surface area contributed by atoms with Crippen LogP contribution in [-0.4, -0.2) is 11.2 Å². The maximum Gasteiger partial charge on any atom is 0.237 e. The average Bonchev–Trinajstić information content (AvgIpc) is 2.41. The lowest BCUT2D eigenvalue weighted by Crippen LogP contribution is -2.22. The van der Waals surface area contributed by atoms with Gasteiger partial charge in [0.1, 0.15) is 0 Å². The average molecular weight is 285 g/mol. The molecule has 0 fully saturated rings. The fourth-order valence-corrected chi connectivity index (χ4v) is 2.71. The van der Waals surface area contributed by atoms with Crippen molar-refractivity contribution < 1.29 is 4.79 Å². The number of hydrogen-bond donors (Lipinski definition) is 1. The van der Waals surface area contributed by atoms with Gasteiger partial charge in [-0.25, -0.2) is 0 Å². The summed E-state index contributed by atoms with van der Waals surface area (Å²) in [6, 6.07) is 16.1. The minimum atomic E-state index is -0.127. The predicted octanol–water partition coefficient (Wildman–Crippen LogP) is 4.42. The van der Waals surface area contributed by atoms with Crippen molar-refractivity contribution in [2.45, 2.75) is 30.9 Å². The molecule has 1 amide bonds. The second kappa shape index (κ2) is 6.62. The summed E-state index contributed by atoms with van der Waals surface area (Å²) in [6.45, 7) is 6.00. The molecule has 0 aliphatic heterocycles. The van der Waals surface area contributed by atoms with Crippen molar-refractivity contribution in [3.05, 3.63) is 59.7 Å². The third kappa shape index (κ3) is 4.14. The van der Waals surface area contributed by atoms with Gasteiger partial charge >= 0.3 is 0 Å². The second-order valence-corrected chi connectivity index (χ2v) is 6.35. The number of thioether (sulfide) groups is 1. The lowest BCUT2D eigenvalue weighted by molar-refractivity contribution is -0.115. The van der Waals surface area contributed by atoms with E-state index in [4.69, 9.17) is 0 Å². The van der Waals surface area contributed by atoms with Crippen LogP contribution in [0.5, 0.6) is 0 Å². The number of anilines is 1. The molecule has 104 valence electrons. The Balaban J connectivity index is 1.96. The summed E-state index contributed by atoms with van der Waals surface area (Å²) >= 11 is 1.57. The molecule has 1 N–H and O–H groups in total. The first kappa shape index (κ1) is 14.7. The van der Waals surface area contributed by atoms with Gasteiger partial charge in [0, 0.05) is 10.6 Å². The van der Waals surface area contributed by atoms with Gasteiger partial charge in [-0.15, -0.1) is 11.8 Å². The van der Waals surface area contributed by atoms with Gasteiger partial charge in [-0.05, 0) is 50.6 Å². The molecule has 0 aliphatic carbocycles. The van der Waals surface area contributed by atoms with Crippen molar-refractivity contribution in [2.75, 3.05) is 5.32 Å². The Labute approximate surface area is 124 Å². The highest BCUT2D eigenvalue weighted by atomic mass is 32.2. The molecule has 0 bridgehead atoms. The number of amides is 1. The molecule has 0 heterocycles. The smallest absolute Gasteiger partial charge is 0.237 e. The SMILES string of the molecule is Cc1ccc(S[C@H](C)C(=O)Nc2cccc(C)c2)cc1. The summed E-state index contributed by atoms with van der Waals surface area (Å²) in [5.74, 6) is 0.0289. The lowest BCUT2D eigenvalue weighted by Gasteiger charge is -2.12. The van der Waals surface area contributed by atoms with Gasteiger partial charge in [0.05, 0.1) is 5.25 Å². The molecule has 3 heteroatoms. The van der Waals surface area contributed by atoms with E-state index in [1.807, 2.05) is 38.1 Å². The molecule has 0 unspecified atom stereocenters. The van der Waals surface area contributed by atoms with Crippen LogP contribution in [-0.2, 0) is 4.79 Å². The molecule has 2 nitrogen and oxygen atoms in total. The first-order valence-electron chi connectivity index (χ1n) is 6.65. The summed E-state index contributed by atoms with van der Waals surface area (Å²) < 4.78 is 0. The highest BCUT2D eigenvalue weighted by Crippen LogP contribution is 2.24. The number of carbonyl (C=O) groups is 1. The Morgan fingerprint density at radius 3 is 2.40 bits per heavy atom. The highest BCUT2D eigenvalue weighted by molar-refractivity contribution is 8.00. The Hall–Kier alpha value is -1.74. The van der Waals surface area contributed by atoms with E-state index in [2.05, 4.69) is 36.5 Å². The summed E-state index contributed by atoms with van der Waals surface area (Å²) in [6.07, 6.45) is 0. The van der Waals surface area contributed by atoms with Crippen LogP contribution in [0.2, 0.25) is 0 Å². The van der Waals surface area contributed by atoms with Gasteiger partial charge in [0.2, 0.25) is 5.91 Å². The molecule has 0 aromatic heterocycles. The number of hydrogen-bond acceptors (Lipinski definition) is 2. The quantitative estimate of drug-likeness (QED) is 0.842. The predicted molar refractivity (Wildman–Crippen MR) is 86.3 cm³/mol.